The Hall–Kier alpha value is -1.58. The third-order valence-corrected chi connectivity index (χ3v) is 2.59. The number of hydrogen-bond donors (Lipinski definition) is 0. The number of unbranched alkanes of at least 4 members (excludes halogenated alkanes) is 1. The first-order chi connectivity index (χ1) is 8.10. The van der Waals surface area contributed by atoms with E-state index in [1.807, 2.05) is 0 Å². The van der Waals surface area contributed by atoms with E-state index in [4.69, 9.17) is 4.74 Å². The molecule has 0 aliphatic carbocycles. The van der Waals surface area contributed by atoms with Crippen LogP contribution in [0.4, 0.5) is 4.39 Å². The molecule has 17 heavy (non-hydrogen) atoms. The number of hydrogen-bond acceptors (Lipinski definition) is 2. The van der Waals surface area contributed by atoms with Crippen molar-refractivity contribution in [3.05, 3.63) is 29.6 Å². The van der Waals surface area contributed by atoms with Crippen molar-refractivity contribution in [3.63, 3.8) is 0 Å². The summed E-state index contributed by atoms with van der Waals surface area (Å²) >= 11 is 0. The molecule has 0 bridgehead atoms. The molecule has 0 atom stereocenters. The first-order valence-corrected chi connectivity index (χ1v) is 5.69. The van der Waals surface area contributed by atoms with E-state index in [0.717, 1.165) is 12.8 Å². The van der Waals surface area contributed by atoms with Gasteiger partial charge in [-0.1, -0.05) is 13.3 Å². The van der Waals surface area contributed by atoms with Crippen LogP contribution in [0, 0.1) is 5.82 Å². The van der Waals surface area contributed by atoms with Crippen LogP contribution < -0.4 is 4.74 Å². The first kappa shape index (κ1) is 13.5. The van der Waals surface area contributed by atoms with E-state index in [-0.39, 0.29) is 11.7 Å². The minimum Gasteiger partial charge on any atom is -0.494 e. The van der Waals surface area contributed by atoms with Gasteiger partial charge in [-0.15, -0.1) is 0 Å². The van der Waals surface area contributed by atoms with Crippen molar-refractivity contribution in [2.45, 2.75) is 19.8 Å². The topological polar surface area (TPSA) is 29.5 Å². The fraction of sp³-hybridized carbons (Fsp3) is 0.462. The zero-order valence-electron chi connectivity index (χ0n) is 10.5. The summed E-state index contributed by atoms with van der Waals surface area (Å²) in [6, 6.07) is 4.26. The SMILES string of the molecule is CCCCN(C)C(=O)c1ccc(OC)c(F)c1. The molecule has 0 unspecified atom stereocenters. The fourth-order valence-corrected chi connectivity index (χ4v) is 1.52. The van der Waals surface area contributed by atoms with Crippen LogP contribution in [0.3, 0.4) is 0 Å². The van der Waals surface area contributed by atoms with E-state index in [0.29, 0.717) is 12.1 Å². The van der Waals surface area contributed by atoms with Crippen molar-refractivity contribution >= 4 is 5.91 Å². The van der Waals surface area contributed by atoms with Crippen molar-refractivity contribution in [1.82, 2.24) is 4.90 Å². The van der Waals surface area contributed by atoms with Gasteiger partial charge in [0.05, 0.1) is 7.11 Å². The van der Waals surface area contributed by atoms with Gasteiger partial charge in [-0.25, -0.2) is 4.39 Å². The molecule has 0 saturated heterocycles. The summed E-state index contributed by atoms with van der Waals surface area (Å²) < 4.78 is 18.2. The van der Waals surface area contributed by atoms with Crippen LogP contribution in [0.5, 0.6) is 5.75 Å². The summed E-state index contributed by atoms with van der Waals surface area (Å²) in [5, 5.41) is 0. The molecule has 0 N–H and O–H groups in total. The highest BCUT2D eigenvalue weighted by Crippen LogP contribution is 2.18. The first-order valence-electron chi connectivity index (χ1n) is 5.69. The van der Waals surface area contributed by atoms with Crippen molar-refractivity contribution in [3.8, 4) is 5.75 Å². The Morgan fingerprint density at radius 2 is 2.18 bits per heavy atom. The number of rotatable bonds is 5. The molecule has 4 heteroatoms. The minimum absolute atomic E-state index is 0.151. The van der Waals surface area contributed by atoms with Gasteiger partial charge in [0.2, 0.25) is 0 Å². The van der Waals surface area contributed by atoms with E-state index < -0.39 is 5.82 Å². The molecular formula is C13H18FNO2. The third-order valence-electron chi connectivity index (χ3n) is 2.59. The molecule has 0 fully saturated rings. The minimum atomic E-state index is -0.512. The maximum atomic E-state index is 13.4. The second-order valence-electron chi connectivity index (χ2n) is 3.93. The van der Waals surface area contributed by atoms with Gasteiger partial charge in [0.15, 0.2) is 11.6 Å². The summed E-state index contributed by atoms with van der Waals surface area (Å²) in [6.07, 6.45) is 1.97. The molecule has 1 aromatic carbocycles. The van der Waals surface area contributed by atoms with Gasteiger partial charge in [-0.05, 0) is 24.6 Å². The molecule has 1 amide bonds. The summed E-state index contributed by atoms with van der Waals surface area (Å²) in [6.45, 7) is 2.74. The van der Waals surface area contributed by atoms with Gasteiger partial charge < -0.3 is 9.64 Å². The van der Waals surface area contributed by atoms with Crippen molar-refractivity contribution in [2.75, 3.05) is 20.7 Å². The molecule has 0 aliphatic rings. The van der Waals surface area contributed by atoms with Crippen LogP contribution in [-0.4, -0.2) is 31.5 Å². The number of carbonyl (C=O) groups excluding carboxylic acids is 1. The quantitative estimate of drug-likeness (QED) is 0.790. The summed E-state index contributed by atoms with van der Waals surface area (Å²) in [5.74, 6) is -0.528. The summed E-state index contributed by atoms with van der Waals surface area (Å²) in [7, 11) is 3.12. The zero-order chi connectivity index (χ0) is 12.8. The fourth-order valence-electron chi connectivity index (χ4n) is 1.52. The Balaban J connectivity index is 2.78. The third kappa shape index (κ3) is 3.44. The van der Waals surface area contributed by atoms with Gasteiger partial charge in [0.25, 0.3) is 5.91 Å². The molecule has 0 aliphatic heterocycles. The largest absolute Gasteiger partial charge is 0.494 e. The van der Waals surface area contributed by atoms with Crippen LogP contribution in [-0.2, 0) is 0 Å². The van der Waals surface area contributed by atoms with Crippen LogP contribution >= 0.6 is 0 Å². The van der Waals surface area contributed by atoms with Crippen LogP contribution in [0.2, 0.25) is 0 Å². The number of amides is 1. The Morgan fingerprint density at radius 1 is 1.47 bits per heavy atom. The molecule has 1 rings (SSSR count). The van der Waals surface area contributed by atoms with E-state index in [1.54, 1.807) is 18.0 Å². The van der Waals surface area contributed by atoms with Crippen LogP contribution in [0.25, 0.3) is 0 Å². The molecule has 0 saturated carbocycles. The molecule has 0 aromatic heterocycles. The van der Waals surface area contributed by atoms with Crippen molar-refractivity contribution in [2.24, 2.45) is 0 Å². The van der Waals surface area contributed by atoms with E-state index in [1.165, 1.54) is 19.2 Å². The maximum absolute atomic E-state index is 13.4. The molecule has 0 radical (unpaired) electrons. The smallest absolute Gasteiger partial charge is 0.253 e. The monoisotopic (exact) mass is 239 g/mol. The highest BCUT2D eigenvalue weighted by molar-refractivity contribution is 5.94. The van der Waals surface area contributed by atoms with Crippen LogP contribution in [0.15, 0.2) is 18.2 Å². The lowest BCUT2D eigenvalue weighted by Crippen LogP contribution is -2.27. The Morgan fingerprint density at radius 3 is 2.71 bits per heavy atom. The molecule has 0 heterocycles. The second-order valence-corrected chi connectivity index (χ2v) is 3.93. The second kappa shape index (κ2) is 6.23. The lowest BCUT2D eigenvalue weighted by atomic mass is 10.2. The Bertz CT molecular complexity index is 393. The van der Waals surface area contributed by atoms with Crippen LogP contribution in [0.1, 0.15) is 30.1 Å². The molecular weight excluding hydrogens is 221 g/mol. The Labute approximate surface area is 101 Å². The van der Waals surface area contributed by atoms with Gasteiger partial charge in [0, 0.05) is 19.2 Å². The maximum Gasteiger partial charge on any atom is 0.253 e. The highest BCUT2D eigenvalue weighted by Gasteiger charge is 2.13. The lowest BCUT2D eigenvalue weighted by Gasteiger charge is -2.17. The normalized spacial score (nSPS) is 10.1. The zero-order valence-corrected chi connectivity index (χ0v) is 10.5. The summed E-state index contributed by atoms with van der Waals surface area (Å²) in [4.78, 5) is 13.5. The molecule has 3 nitrogen and oxygen atoms in total. The van der Waals surface area contributed by atoms with E-state index in [9.17, 15) is 9.18 Å². The van der Waals surface area contributed by atoms with Crippen molar-refractivity contribution < 1.29 is 13.9 Å². The number of nitrogens with zero attached hydrogens (tertiary/aromatic N) is 1. The molecule has 0 spiro atoms. The summed E-state index contributed by atoms with van der Waals surface area (Å²) in [5.41, 5.74) is 0.349. The average Bonchev–Trinajstić information content (AvgIpc) is 2.34. The number of methoxy groups -OCH3 is 1. The number of carbonyl (C=O) groups is 1. The van der Waals surface area contributed by atoms with Gasteiger partial charge in [-0.3, -0.25) is 4.79 Å². The highest BCUT2D eigenvalue weighted by atomic mass is 19.1. The van der Waals surface area contributed by atoms with Gasteiger partial charge >= 0.3 is 0 Å². The average molecular weight is 239 g/mol. The van der Waals surface area contributed by atoms with Crippen molar-refractivity contribution in [1.29, 1.82) is 0 Å². The number of halogens is 1. The Kier molecular flexibility index (Phi) is 4.94. The van der Waals surface area contributed by atoms with E-state index >= 15 is 0 Å². The number of benzene rings is 1. The predicted octanol–water partition coefficient (Wildman–Crippen LogP) is 2.71. The standard InChI is InChI=1S/C13H18FNO2/c1-4-5-8-15(2)13(16)10-6-7-12(17-3)11(14)9-10/h6-7,9H,4-5,8H2,1-3H3. The molecule has 1 aromatic rings. The number of ether oxygens (including phenoxy) is 1. The molecule has 94 valence electrons. The van der Waals surface area contributed by atoms with Gasteiger partial charge in [-0.2, -0.15) is 0 Å². The predicted molar refractivity (Wildman–Crippen MR) is 64.8 cm³/mol. The van der Waals surface area contributed by atoms with E-state index in [2.05, 4.69) is 6.92 Å². The van der Waals surface area contributed by atoms with Gasteiger partial charge in [0.1, 0.15) is 0 Å². The lowest BCUT2D eigenvalue weighted by molar-refractivity contribution is 0.0792.